The summed E-state index contributed by atoms with van der Waals surface area (Å²) < 4.78 is 0. The van der Waals surface area contributed by atoms with Crippen LogP contribution in [0.5, 0.6) is 0 Å². The van der Waals surface area contributed by atoms with Crippen molar-refractivity contribution in [3.63, 3.8) is 0 Å². The van der Waals surface area contributed by atoms with Crippen LogP contribution in [-0.4, -0.2) is 7.05 Å². The molecule has 0 unspecified atom stereocenters. The fourth-order valence-electron chi connectivity index (χ4n) is 4.44. The summed E-state index contributed by atoms with van der Waals surface area (Å²) in [6.45, 7) is 0. The Morgan fingerprint density at radius 2 is 1.27 bits per heavy atom. The molecule has 1 aliphatic carbocycles. The zero-order chi connectivity index (χ0) is 14.7. The summed E-state index contributed by atoms with van der Waals surface area (Å²) >= 11 is 0. The number of nitrogens with zero attached hydrogens (tertiary/aromatic N) is 1. The summed E-state index contributed by atoms with van der Waals surface area (Å²) in [5.74, 6) is 0. The Bertz CT molecular complexity index is 848. The van der Waals surface area contributed by atoms with Gasteiger partial charge in [0.25, 0.3) is 0 Å². The van der Waals surface area contributed by atoms with Crippen LogP contribution in [0, 0.1) is 0 Å². The number of likely N-dealkylation sites (N-methyl/N-ethyl adjacent to an activating group) is 1. The molecule has 0 amide bonds. The van der Waals surface area contributed by atoms with Crippen LogP contribution in [-0.2, 0) is 12.0 Å². The van der Waals surface area contributed by atoms with E-state index in [1.165, 1.54) is 33.5 Å². The number of hydrogen-bond acceptors (Lipinski definition) is 1. The van der Waals surface area contributed by atoms with Gasteiger partial charge in [-0.15, -0.1) is 0 Å². The first kappa shape index (κ1) is 12.0. The lowest BCUT2D eigenvalue weighted by Crippen LogP contribution is -2.40. The predicted octanol–water partition coefficient (Wildman–Crippen LogP) is 4.60. The Morgan fingerprint density at radius 3 is 1.91 bits per heavy atom. The van der Waals surface area contributed by atoms with Gasteiger partial charge < -0.3 is 4.90 Å². The van der Waals surface area contributed by atoms with Gasteiger partial charge in [0.05, 0.1) is 5.54 Å². The quantitative estimate of drug-likeness (QED) is 0.582. The maximum atomic E-state index is 2.48. The van der Waals surface area contributed by atoms with E-state index in [1.54, 1.807) is 0 Å². The summed E-state index contributed by atoms with van der Waals surface area (Å²) in [5.41, 5.74) is 8.41. The topological polar surface area (TPSA) is 3.24 Å². The molecule has 0 saturated carbocycles. The van der Waals surface area contributed by atoms with Crippen LogP contribution in [0.2, 0.25) is 0 Å². The maximum absolute atomic E-state index is 2.48. The van der Waals surface area contributed by atoms with Gasteiger partial charge in [-0.05, 0) is 33.9 Å². The molecular weight excluding hydrogens is 266 g/mol. The summed E-state index contributed by atoms with van der Waals surface area (Å²) in [5, 5.41) is 0. The van der Waals surface area contributed by atoms with E-state index >= 15 is 0 Å². The molecule has 106 valence electrons. The van der Waals surface area contributed by atoms with Crippen molar-refractivity contribution in [2.75, 3.05) is 11.9 Å². The molecule has 0 N–H and O–H groups in total. The summed E-state index contributed by atoms with van der Waals surface area (Å²) in [6, 6.07) is 26.6. The lowest BCUT2D eigenvalue weighted by atomic mass is 9.84. The Hall–Kier alpha value is -2.54. The zero-order valence-corrected chi connectivity index (χ0v) is 12.6. The Balaban J connectivity index is 1.87. The second-order valence-electron chi connectivity index (χ2n) is 6.32. The van der Waals surface area contributed by atoms with Crippen molar-refractivity contribution in [1.82, 2.24) is 0 Å². The molecule has 0 atom stereocenters. The van der Waals surface area contributed by atoms with Gasteiger partial charge in [-0.1, -0.05) is 66.7 Å². The number of anilines is 1. The van der Waals surface area contributed by atoms with E-state index in [0.717, 1.165) is 6.42 Å². The number of fused-ring (bicyclic) bond motifs is 6. The van der Waals surface area contributed by atoms with Gasteiger partial charge >= 0.3 is 0 Å². The van der Waals surface area contributed by atoms with Gasteiger partial charge in [0, 0.05) is 19.2 Å². The van der Waals surface area contributed by atoms with E-state index in [2.05, 4.69) is 84.7 Å². The van der Waals surface area contributed by atoms with E-state index in [1.807, 2.05) is 0 Å². The average Bonchev–Trinajstić information content (AvgIpc) is 3.04. The minimum absolute atomic E-state index is 0.0448. The first-order valence-corrected chi connectivity index (χ1v) is 7.83. The average molecular weight is 283 g/mol. The van der Waals surface area contributed by atoms with Gasteiger partial charge in [0.1, 0.15) is 0 Å². The van der Waals surface area contributed by atoms with Gasteiger partial charge in [-0.25, -0.2) is 0 Å². The lowest BCUT2D eigenvalue weighted by Gasteiger charge is -2.36. The second-order valence-corrected chi connectivity index (χ2v) is 6.32. The number of benzene rings is 3. The molecule has 0 aromatic heterocycles. The molecule has 22 heavy (non-hydrogen) atoms. The molecule has 0 fully saturated rings. The molecule has 0 bridgehead atoms. The first-order chi connectivity index (χ1) is 10.8. The van der Waals surface area contributed by atoms with Crippen LogP contribution in [0.15, 0.2) is 72.8 Å². The van der Waals surface area contributed by atoms with E-state index in [4.69, 9.17) is 0 Å². The van der Waals surface area contributed by atoms with Crippen LogP contribution in [0.4, 0.5) is 5.69 Å². The van der Waals surface area contributed by atoms with Crippen molar-refractivity contribution in [3.05, 3.63) is 89.5 Å². The molecule has 1 spiro atoms. The minimum atomic E-state index is -0.0448. The fraction of sp³-hybridized carbons (Fsp3) is 0.143. The second kappa shape index (κ2) is 4.01. The van der Waals surface area contributed by atoms with Crippen LogP contribution in [0.1, 0.15) is 16.7 Å². The van der Waals surface area contributed by atoms with Crippen molar-refractivity contribution in [2.45, 2.75) is 12.0 Å². The molecular formula is C21H17N. The lowest BCUT2D eigenvalue weighted by molar-refractivity contribution is 0.548. The summed E-state index contributed by atoms with van der Waals surface area (Å²) in [6.07, 6.45) is 1.05. The first-order valence-electron chi connectivity index (χ1n) is 7.83. The SMILES string of the molecule is CN1c2ccccc2CC12c1ccccc1-c1ccccc12. The molecule has 3 aromatic rings. The third-order valence-corrected chi connectivity index (χ3v) is 5.41. The van der Waals surface area contributed by atoms with Crippen LogP contribution < -0.4 is 4.90 Å². The highest BCUT2D eigenvalue weighted by atomic mass is 15.2. The largest absolute Gasteiger partial charge is 0.360 e. The van der Waals surface area contributed by atoms with Gasteiger partial charge in [0.2, 0.25) is 0 Å². The Morgan fingerprint density at radius 1 is 0.727 bits per heavy atom. The highest BCUT2D eigenvalue weighted by Crippen LogP contribution is 2.56. The molecule has 0 saturated heterocycles. The van der Waals surface area contributed by atoms with Crippen LogP contribution in [0.25, 0.3) is 11.1 Å². The summed E-state index contributed by atoms with van der Waals surface area (Å²) in [7, 11) is 2.24. The third-order valence-electron chi connectivity index (χ3n) is 5.41. The molecule has 1 nitrogen and oxygen atoms in total. The van der Waals surface area contributed by atoms with E-state index in [9.17, 15) is 0 Å². The molecule has 2 aliphatic rings. The predicted molar refractivity (Wildman–Crippen MR) is 91.2 cm³/mol. The minimum Gasteiger partial charge on any atom is -0.360 e. The molecule has 1 heteroatoms. The zero-order valence-electron chi connectivity index (χ0n) is 12.6. The highest BCUT2D eigenvalue weighted by Gasteiger charge is 2.50. The molecule has 0 radical (unpaired) electrons. The normalized spacial score (nSPS) is 16.5. The highest BCUT2D eigenvalue weighted by molar-refractivity contribution is 5.85. The van der Waals surface area contributed by atoms with E-state index < -0.39 is 0 Å². The number of hydrogen-bond donors (Lipinski definition) is 0. The third kappa shape index (κ3) is 1.25. The van der Waals surface area contributed by atoms with Crippen molar-refractivity contribution in [3.8, 4) is 11.1 Å². The Kier molecular flexibility index (Phi) is 2.20. The fourth-order valence-corrected chi connectivity index (χ4v) is 4.44. The van der Waals surface area contributed by atoms with Crippen LogP contribution >= 0.6 is 0 Å². The van der Waals surface area contributed by atoms with Crippen molar-refractivity contribution < 1.29 is 0 Å². The van der Waals surface area contributed by atoms with E-state index in [-0.39, 0.29) is 5.54 Å². The monoisotopic (exact) mass is 283 g/mol. The molecule has 5 rings (SSSR count). The maximum Gasteiger partial charge on any atom is 0.0956 e. The Labute approximate surface area is 130 Å². The number of para-hydroxylation sites is 1. The van der Waals surface area contributed by atoms with Gasteiger partial charge in [-0.3, -0.25) is 0 Å². The van der Waals surface area contributed by atoms with Gasteiger partial charge in [-0.2, -0.15) is 0 Å². The number of rotatable bonds is 0. The van der Waals surface area contributed by atoms with Crippen molar-refractivity contribution in [2.24, 2.45) is 0 Å². The van der Waals surface area contributed by atoms with Crippen molar-refractivity contribution >= 4 is 5.69 Å². The standard InChI is InChI=1S/C21H17N/c1-22-20-13-7-2-8-15(20)14-21(22)18-11-5-3-9-16(18)17-10-4-6-12-19(17)21/h2-13H,14H2,1H3. The smallest absolute Gasteiger partial charge is 0.0956 e. The van der Waals surface area contributed by atoms with Gasteiger partial charge in [0.15, 0.2) is 0 Å². The van der Waals surface area contributed by atoms with E-state index in [0.29, 0.717) is 0 Å². The molecule has 1 heterocycles. The van der Waals surface area contributed by atoms with Crippen molar-refractivity contribution in [1.29, 1.82) is 0 Å². The summed E-state index contributed by atoms with van der Waals surface area (Å²) in [4.78, 5) is 2.48. The molecule has 1 aliphatic heterocycles. The molecule has 3 aromatic carbocycles. The van der Waals surface area contributed by atoms with Crippen LogP contribution in [0.3, 0.4) is 0 Å².